The molecule has 1 aromatic heterocycles. The molecule has 26 heavy (non-hydrogen) atoms. The molecule has 1 atom stereocenters. The van der Waals surface area contributed by atoms with E-state index >= 15 is 0 Å². The van der Waals surface area contributed by atoms with Crippen LogP contribution in [0.5, 0.6) is 0 Å². The molecule has 0 bridgehead atoms. The normalized spacial score (nSPS) is 12.0. The van der Waals surface area contributed by atoms with Crippen LogP contribution in [-0.2, 0) is 4.74 Å². The highest BCUT2D eigenvalue weighted by atomic mass is 35.5. The fourth-order valence-electron chi connectivity index (χ4n) is 2.17. The second-order valence-corrected chi connectivity index (χ2v) is 6.01. The first kappa shape index (κ1) is 18.0. The molecule has 0 N–H and O–H groups in total. The number of benzene rings is 2. The first-order chi connectivity index (χ1) is 12.3. The lowest BCUT2D eigenvalue weighted by atomic mass is 10.1. The van der Waals surface area contributed by atoms with Crippen molar-refractivity contribution in [3.8, 4) is 11.5 Å². The van der Waals surface area contributed by atoms with E-state index < -0.39 is 23.7 Å². The maximum absolute atomic E-state index is 13.3. The highest BCUT2D eigenvalue weighted by Crippen LogP contribution is 2.26. The van der Waals surface area contributed by atoms with Crippen LogP contribution in [0.3, 0.4) is 0 Å². The highest BCUT2D eigenvalue weighted by Gasteiger charge is 2.22. The molecule has 0 saturated carbocycles. The number of carbonyl (C=O) groups excluding carboxylic acids is 1. The SMILES string of the molecule is Cc1ccc(-c2nnc([C@@H](C)OC(=O)c3cc(F)c(F)cc3Cl)o2)cc1. The van der Waals surface area contributed by atoms with Crippen LogP contribution in [0.15, 0.2) is 40.8 Å². The van der Waals surface area contributed by atoms with Crippen molar-refractivity contribution in [3.63, 3.8) is 0 Å². The van der Waals surface area contributed by atoms with Crippen LogP contribution in [0.25, 0.3) is 11.5 Å². The van der Waals surface area contributed by atoms with E-state index in [2.05, 4.69) is 10.2 Å². The van der Waals surface area contributed by atoms with Crippen molar-refractivity contribution in [2.45, 2.75) is 20.0 Å². The van der Waals surface area contributed by atoms with Crippen LogP contribution in [0, 0.1) is 18.6 Å². The van der Waals surface area contributed by atoms with E-state index in [1.165, 1.54) is 6.92 Å². The summed E-state index contributed by atoms with van der Waals surface area (Å²) in [6.45, 7) is 3.46. The summed E-state index contributed by atoms with van der Waals surface area (Å²) in [7, 11) is 0. The molecule has 0 saturated heterocycles. The largest absolute Gasteiger partial charge is 0.449 e. The van der Waals surface area contributed by atoms with Gasteiger partial charge in [0.1, 0.15) is 0 Å². The number of hydrogen-bond donors (Lipinski definition) is 0. The summed E-state index contributed by atoms with van der Waals surface area (Å²) in [6, 6.07) is 8.83. The molecule has 2 aromatic carbocycles. The minimum absolute atomic E-state index is 0.0626. The summed E-state index contributed by atoms with van der Waals surface area (Å²) in [6.07, 6.45) is -0.904. The van der Waals surface area contributed by atoms with Gasteiger partial charge < -0.3 is 9.15 Å². The van der Waals surface area contributed by atoms with E-state index in [9.17, 15) is 13.6 Å². The molecule has 0 aliphatic carbocycles. The minimum atomic E-state index is -1.20. The van der Waals surface area contributed by atoms with Crippen LogP contribution < -0.4 is 0 Å². The zero-order chi connectivity index (χ0) is 18.8. The predicted molar refractivity (Wildman–Crippen MR) is 89.7 cm³/mol. The van der Waals surface area contributed by atoms with Gasteiger partial charge in [0.25, 0.3) is 5.89 Å². The summed E-state index contributed by atoms with van der Waals surface area (Å²) < 4.78 is 37.1. The van der Waals surface area contributed by atoms with Crippen molar-refractivity contribution in [1.29, 1.82) is 0 Å². The fourth-order valence-corrected chi connectivity index (χ4v) is 2.39. The highest BCUT2D eigenvalue weighted by molar-refractivity contribution is 6.33. The van der Waals surface area contributed by atoms with Gasteiger partial charge in [-0.25, -0.2) is 13.6 Å². The smallest absolute Gasteiger partial charge is 0.340 e. The zero-order valence-corrected chi connectivity index (χ0v) is 14.6. The molecule has 5 nitrogen and oxygen atoms in total. The number of aromatic nitrogens is 2. The van der Waals surface area contributed by atoms with E-state index in [1.807, 2.05) is 31.2 Å². The number of hydrogen-bond acceptors (Lipinski definition) is 5. The molecule has 0 fully saturated rings. The van der Waals surface area contributed by atoms with Crippen LogP contribution in [0.4, 0.5) is 8.78 Å². The van der Waals surface area contributed by atoms with Gasteiger partial charge in [-0.15, -0.1) is 10.2 Å². The van der Waals surface area contributed by atoms with Gasteiger partial charge in [-0.3, -0.25) is 0 Å². The Morgan fingerprint density at radius 3 is 2.50 bits per heavy atom. The van der Waals surface area contributed by atoms with Crippen molar-refractivity contribution in [2.75, 3.05) is 0 Å². The first-order valence-corrected chi connectivity index (χ1v) is 7.99. The van der Waals surface area contributed by atoms with Crippen LogP contribution >= 0.6 is 11.6 Å². The monoisotopic (exact) mass is 378 g/mol. The van der Waals surface area contributed by atoms with Crippen molar-refractivity contribution in [1.82, 2.24) is 10.2 Å². The molecule has 0 spiro atoms. The van der Waals surface area contributed by atoms with Gasteiger partial charge in [-0.1, -0.05) is 29.3 Å². The molecular formula is C18H13ClF2N2O3. The Bertz CT molecular complexity index is 958. The third kappa shape index (κ3) is 3.72. The van der Waals surface area contributed by atoms with Crippen molar-refractivity contribution in [3.05, 3.63) is 70.1 Å². The maximum atomic E-state index is 13.3. The molecule has 0 aliphatic heterocycles. The number of esters is 1. The molecule has 0 unspecified atom stereocenters. The third-order valence-electron chi connectivity index (χ3n) is 3.60. The summed E-state index contributed by atoms with van der Waals surface area (Å²) in [5.41, 5.74) is 1.51. The van der Waals surface area contributed by atoms with Crippen molar-refractivity contribution >= 4 is 17.6 Å². The molecule has 0 aliphatic rings. The summed E-state index contributed by atoms with van der Waals surface area (Å²) in [5.74, 6) is -2.95. The summed E-state index contributed by atoms with van der Waals surface area (Å²) >= 11 is 5.76. The Morgan fingerprint density at radius 2 is 1.81 bits per heavy atom. The van der Waals surface area contributed by atoms with E-state index in [-0.39, 0.29) is 22.4 Å². The molecule has 8 heteroatoms. The number of halogens is 3. The predicted octanol–water partition coefficient (Wildman–Crippen LogP) is 4.89. The number of ether oxygens (including phenoxy) is 1. The quantitative estimate of drug-likeness (QED) is 0.477. The topological polar surface area (TPSA) is 65.2 Å². The van der Waals surface area contributed by atoms with Gasteiger partial charge in [-0.05, 0) is 38.1 Å². The van der Waals surface area contributed by atoms with Gasteiger partial charge in [0.2, 0.25) is 5.89 Å². The van der Waals surface area contributed by atoms with Crippen molar-refractivity contribution < 1.29 is 22.7 Å². The lowest BCUT2D eigenvalue weighted by Gasteiger charge is -2.10. The summed E-state index contributed by atoms with van der Waals surface area (Å²) in [4.78, 5) is 12.1. The molecule has 0 radical (unpaired) electrons. The number of rotatable bonds is 4. The zero-order valence-electron chi connectivity index (χ0n) is 13.8. The number of aryl methyl sites for hydroxylation is 1. The number of carbonyl (C=O) groups is 1. The molecular weight excluding hydrogens is 366 g/mol. The van der Waals surface area contributed by atoms with Gasteiger partial charge in [0.15, 0.2) is 17.7 Å². The van der Waals surface area contributed by atoms with Crippen molar-refractivity contribution in [2.24, 2.45) is 0 Å². The lowest BCUT2D eigenvalue weighted by Crippen LogP contribution is -2.11. The second-order valence-electron chi connectivity index (χ2n) is 5.61. The average molecular weight is 379 g/mol. The van der Waals surface area contributed by atoms with Crippen LogP contribution in [-0.4, -0.2) is 16.2 Å². The van der Waals surface area contributed by atoms with E-state index in [0.717, 1.165) is 11.1 Å². The molecule has 3 rings (SSSR count). The lowest BCUT2D eigenvalue weighted by molar-refractivity contribution is 0.0279. The molecule has 0 amide bonds. The Hall–Kier alpha value is -2.80. The summed E-state index contributed by atoms with van der Waals surface area (Å²) in [5, 5.41) is 7.51. The fraction of sp³-hybridized carbons (Fsp3) is 0.167. The van der Waals surface area contributed by atoms with E-state index in [0.29, 0.717) is 12.1 Å². The minimum Gasteiger partial charge on any atom is -0.449 e. The Labute approximate surface area is 152 Å². The Kier molecular flexibility index (Phi) is 4.99. The van der Waals surface area contributed by atoms with E-state index in [4.69, 9.17) is 20.8 Å². The standard InChI is InChI=1S/C18H13ClF2N2O3/c1-9-3-5-11(6-4-9)17-23-22-16(26-17)10(2)25-18(24)12-7-14(20)15(21)8-13(12)19/h3-8,10H,1-2H3/t10-/m1/s1. The van der Waals surface area contributed by atoms with Gasteiger partial charge in [0.05, 0.1) is 10.6 Å². The Balaban J connectivity index is 1.76. The molecule has 134 valence electrons. The maximum Gasteiger partial charge on any atom is 0.340 e. The molecule has 3 aromatic rings. The average Bonchev–Trinajstić information content (AvgIpc) is 3.09. The Morgan fingerprint density at radius 1 is 1.15 bits per heavy atom. The van der Waals surface area contributed by atoms with Gasteiger partial charge in [-0.2, -0.15) is 0 Å². The van der Waals surface area contributed by atoms with Crippen LogP contribution in [0.1, 0.15) is 34.8 Å². The molecule has 1 heterocycles. The van der Waals surface area contributed by atoms with Gasteiger partial charge >= 0.3 is 5.97 Å². The van der Waals surface area contributed by atoms with Crippen LogP contribution in [0.2, 0.25) is 5.02 Å². The van der Waals surface area contributed by atoms with E-state index in [1.54, 1.807) is 0 Å². The van der Waals surface area contributed by atoms with Gasteiger partial charge in [0, 0.05) is 5.56 Å². The number of nitrogens with zero attached hydrogens (tertiary/aromatic N) is 2. The second kappa shape index (κ2) is 7.21. The third-order valence-corrected chi connectivity index (χ3v) is 3.91. The first-order valence-electron chi connectivity index (χ1n) is 7.61.